The van der Waals surface area contributed by atoms with Gasteiger partial charge in [-0.15, -0.1) is 0 Å². The van der Waals surface area contributed by atoms with Gasteiger partial charge in [-0.1, -0.05) is 18.2 Å². The number of hydrogen-bond acceptors (Lipinski definition) is 6. The van der Waals surface area contributed by atoms with E-state index >= 15 is 0 Å². The highest BCUT2D eigenvalue weighted by atomic mass is 16.5. The van der Waals surface area contributed by atoms with Gasteiger partial charge in [0, 0.05) is 31.4 Å². The second-order valence-electron chi connectivity index (χ2n) is 8.52. The number of amidine groups is 1. The molecule has 9 nitrogen and oxygen atoms in total. The molecule has 0 saturated carbocycles. The van der Waals surface area contributed by atoms with Crippen LogP contribution in [0.4, 0.5) is 22.7 Å². The maximum absolute atomic E-state index is 14.0. The Morgan fingerprint density at radius 1 is 1.00 bits per heavy atom. The van der Waals surface area contributed by atoms with Crippen LogP contribution in [0, 0.1) is 0 Å². The topological polar surface area (TPSA) is 98.3 Å². The second kappa shape index (κ2) is 11.0. The largest absolute Gasteiger partial charge is 0.497 e. The van der Waals surface area contributed by atoms with Gasteiger partial charge in [0.1, 0.15) is 5.75 Å². The smallest absolute Gasteiger partial charge is 0.300 e. The van der Waals surface area contributed by atoms with Crippen molar-refractivity contribution >= 4 is 40.4 Å². The number of carbonyl (C=O) groups is 2. The number of amides is 2. The van der Waals surface area contributed by atoms with Gasteiger partial charge in [-0.2, -0.15) is 0 Å². The van der Waals surface area contributed by atoms with Crippen LogP contribution in [-0.2, 0) is 9.59 Å². The molecule has 0 radical (unpaired) electrons. The van der Waals surface area contributed by atoms with Gasteiger partial charge in [0.15, 0.2) is 5.84 Å². The van der Waals surface area contributed by atoms with E-state index in [0.29, 0.717) is 22.8 Å². The molecular weight excluding hydrogens is 468 g/mol. The Morgan fingerprint density at radius 3 is 2.22 bits per heavy atom. The molecule has 9 heteroatoms. The monoisotopic (exact) mass is 500 g/mol. The van der Waals surface area contributed by atoms with Crippen molar-refractivity contribution in [3.8, 4) is 5.75 Å². The molecule has 1 saturated heterocycles. The van der Waals surface area contributed by atoms with Crippen molar-refractivity contribution in [3.05, 3.63) is 78.9 Å². The van der Waals surface area contributed by atoms with Crippen LogP contribution in [0.5, 0.6) is 5.75 Å². The summed E-state index contributed by atoms with van der Waals surface area (Å²) >= 11 is 0. The lowest BCUT2D eigenvalue weighted by atomic mass is 10.1. The molecule has 2 amide bonds. The molecule has 192 valence electrons. The Morgan fingerprint density at radius 2 is 1.65 bits per heavy atom. The van der Waals surface area contributed by atoms with E-state index < -0.39 is 11.6 Å². The van der Waals surface area contributed by atoms with Gasteiger partial charge in [-0.05, 0) is 74.5 Å². The molecule has 1 heterocycles. The van der Waals surface area contributed by atoms with Gasteiger partial charge in [-0.3, -0.25) is 15.0 Å². The van der Waals surface area contributed by atoms with Gasteiger partial charge < -0.3 is 20.3 Å². The van der Waals surface area contributed by atoms with Crippen LogP contribution in [0.1, 0.15) is 20.8 Å². The Hall–Kier alpha value is -4.53. The number of nitrogens with zero attached hydrogens (tertiary/aromatic N) is 3. The number of benzene rings is 3. The summed E-state index contributed by atoms with van der Waals surface area (Å²) in [5.41, 5.74) is 4.36. The number of para-hydroxylation sites is 1. The first-order valence-corrected chi connectivity index (χ1v) is 12.2. The molecule has 4 rings (SSSR count). The summed E-state index contributed by atoms with van der Waals surface area (Å²) in [5.74, 6) is 0.105. The third-order valence-corrected chi connectivity index (χ3v) is 6.12. The average Bonchev–Trinajstić information content (AvgIpc) is 3.16. The van der Waals surface area contributed by atoms with Crippen molar-refractivity contribution in [2.24, 2.45) is 4.99 Å². The predicted molar refractivity (Wildman–Crippen MR) is 147 cm³/mol. The van der Waals surface area contributed by atoms with Crippen LogP contribution in [-0.4, -0.2) is 43.5 Å². The molecule has 1 aliphatic heterocycles. The molecule has 3 N–H and O–H groups in total. The maximum atomic E-state index is 14.0. The Balaban J connectivity index is 1.79. The lowest BCUT2D eigenvalue weighted by molar-refractivity contribution is -0.126. The zero-order valence-electron chi connectivity index (χ0n) is 21.5. The standard InChI is InChI=1S/C28H32N6O3/c1-5-33(6-2)23-16-12-22(13-17-23)31-28(30-20(3)35)26(29-21-14-18-25(37-4)19-15-21)32-34(27(28)36)24-10-8-7-9-11-24/h7-19,31H,5-6H2,1-4H3,(H,29,32)(H,30,35). The number of carbonyl (C=O) groups excluding carboxylic acids is 2. The molecule has 37 heavy (non-hydrogen) atoms. The summed E-state index contributed by atoms with van der Waals surface area (Å²) < 4.78 is 5.25. The quantitative estimate of drug-likeness (QED) is 0.383. The highest BCUT2D eigenvalue weighted by Gasteiger charge is 2.54. The van der Waals surface area contributed by atoms with E-state index in [4.69, 9.17) is 9.73 Å². The van der Waals surface area contributed by atoms with Gasteiger partial charge >= 0.3 is 0 Å². The van der Waals surface area contributed by atoms with Crippen molar-refractivity contribution < 1.29 is 14.3 Å². The Labute approximate surface area is 217 Å². The van der Waals surface area contributed by atoms with Crippen LogP contribution >= 0.6 is 0 Å². The fourth-order valence-corrected chi connectivity index (χ4v) is 4.24. The first-order chi connectivity index (χ1) is 17.9. The summed E-state index contributed by atoms with van der Waals surface area (Å²) in [6.45, 7) is 7.34. The molecule has 3 aromatic carbocycles. The molecule has 1 atom stereocenters. The molecule has 0 spiro atoms. The van der Waals surface area contributed by atoms with E-state index in [1.54, 1.807) is 43.5 Å². The van der Waals surface area contributed by atoms with Crippen molar-refractivity contribution in [2.75, 3.05) is 35.4 Å². The zero-order valence-corrected chi connectivity index (χ0v) is 21.5. The molecule has 0 aliphatic carbocycles. The number of hydrazine groups is 1. The van der Waals surface area contributed by atoms with E-state index in [1.165, 1.54) is 11.9 Å². The van der Waals surface area contributed by atoms with Crippen molar-refractivity contribution in [1.82, 2.24) is 10.7 Å². The summed E-state index contributed by atoms with van der Waals surface area (Å²) in [5, 5.41) is 7.49. The predicted octanol–water partition coefficient (Wildman–Crippen LogP) is 4.07. The van der Waals surface area contributed by atoms with Crippen molar-refractivity contribution in [1.29, 1.82) is 0 Å². The Bertz CT molecular complexity index is 1260. The molecule has 0 bridgehead atoms. The summed E-state index contributed by atoms with van der Waals surface area (Å²) in [7, 11) is 1.59. The number of rotatable bonds is 9. The average molecular weight is 501 g/mol. The number of anilines is 3. The number of methoxy groups -OCH3 is 1. The van der Waals surface area contributed by atoms with Gasteiger partial charge in [0.05, 0.1) is 18.5 Å². The lowest BCUT2D eigenvalue weighted by Gasteiger charge is -2.29. The van der Waals surface area contributed by atoms with Crippen molar-refractivity contribution in [2.45, 2.75) is 26.4 Å². The van der Waals surface area contributed by atoms with Crippen LogP contribution < -0.4 is 30.7 Å². The van der Waals surface area contributed by atoms with Gasteiger partial charge in [0.2, 0.25) is 5.91 Å². The highest BCUT2D eigenvalue weighted by Crippen LogP contribution is 2.29. The van der Waals surface area contributed by atoms with Crippen LogP contribution in [0.15, 0.2) is 83.9 Å². The molecular formula is C28H32N6O3. The van der Waals surface area contributed by atoms with Crippen LogP contribution in [0.3, 0.4) is 0 Å². The van der Waals surface area contributed by atoms with Gasteiger partial charge in [0.25, 0.3) is 11.6 Å². The van der Waals surface area contributed by atoms with E-state index in [2.05, 4.69) is 34.8 Å². The number of hydrogen-bond donors (Lipinski definition) is 3. The minimum absolute atomic E-state index is 0.231. The van der Waals surface area contributed by atoms with Crippen molar-refractivity contribution in [3.63, 3.8) is 0 Å². The normalized spacial score (nSPS) is 17.9. The fraction of sp³-hybridized carbons (Fsp3) is 0.250. The SMILES string of the molecule is CCN(CC)c1ccc(NC2(NC(C)=O)C(=O)N(c3ccccc3)NC2=Nc2ccc(OC)cc2)cc1. The zero-order chi connectivity index (χ0) is 26.4. The number of aliphatic imine (C=N–C) groups is 1. The third-order valence-electron chi connectivity index (χ3n) is 6.12. The second-order valence-corrected chi connectivity index (χ2v) is 8.52. The molecule has 1 fully saturated rings. The minimum atomic E-state index is -1.67. The lowest BCUT2D eigenvalue weighted by Crippen LogP contribution is -2.63. The number of nitrogens with one attached hydrogen (secondary N) is 3. The number of ether oxygens (including phenoxy) is 1. The molecule has 0 aromatic heterocycles. The first-order valence-electron chi connectivity index (χ1n) is 12.2. The van der Waals surface area contributed by atoms with Gasteiger partial charge in [-0.25, -0.2) is 10.0 Å². The van der Waals surface area contributed by atoms with E-state index in [1.807, 2.05) is 42.5 Å². The summed E-state index contributed by atoms with van der Waals surface area (Å²) in [6, 6.07) is 24.0. The highest BCUT2D eigenvalue weighted by molar-refractivity contribution is 6.26. The van der Waals surface area contributed by atoms with E-state index in [-0.39, 0.29) is 11.7 Å². The molecule has 3 aromatic rings. The summed E-state index contributed by atoms with van der Waals surface area (Å²) in [6.07, 6.45) is 0. The first kappa shape index (κ1) is 25.6. The fourth-order valence-electron chi connectivity index (χ4n) is 4.24. The minimum Gasteiger partial charge on any atom is -0.497 e. The maximum Gasteiger partial charge on any atom is 0.300 e. The Kier molecular flexibility index (Phi) is 7.62. The van der Waals surface area contributed by atoms with Crippen LogP contribution in [0.25, 0.3) is 0 Å². The molecule has 1 unspecified atom stereocenters. The summed E-state index contributed by atoms with van der Waals surface area (Å²) in [4.78, 5) is 33.4. The third kappa shape index (κ3) is 5.35. The molecule has 1 aliphatic rings. The van der Waals surface area contributed by atoms with E-state index in [0.717, 1.165) is 18.8 Å². The van der Waals surface area contributed by atoms with E-state index in [9.17, 15) is 9.59 Å². The van der Waals surface area contributed by atoms with Crippen LogP contribution in [0.2, 0.25) is 0 Å².